The lowest BCUT2D eigenvalue weighted by Gasteiger charge is -2.24. The summed E-state index contributed by atoms with van der Waals surface area (Å²) in [6, 6.07) is 0. The molecule has 16 heavy (non-hydrogen) atoms. The first-order valence-corrected chi connectivity index (χ1v) is 6.05. The van der Waals surface area contributed by atoms with Gasteiger partial charge in [-0.05, 0) is 33.4 Å². The van der Waals surface area contributed by atoms with Crippen molar-refractivity contribution in [1.82, 2.24) is 15.1 Å². The normalized spacial score (nSPS) is 15.1. The molecule has 1 aromatic rings. The molecule has 0 amide bonds. The number of nitrogens with one attached hydrogen (secondary N) is 1. The third-order valence-corrected chi connectivity index (χ3v) is 2.92. The van der Waals surface area contributed by atoms with Gasteiger partial charge in [-0.3, -0.25) is 4.68 Å². The van der Waals surface area contributed by atoms with Crippen molar-refractivity contribution < 1.29 is 5.11 Å². The third kappa shape index (κ3) is 2.97. The van der Waals surface area contributed by atoms with Crippen LogP contribution in [0.1, 0.15) is 32.9 Å². The molecule has 0 spiro atoms. The Balaban J connectivity index is 2.83. The molecule has 0 fully saturated rings. The average molecular weight is 246 g/mol. The molecule has 0 saturated carbocycles. The van der Waals surface area contributed by atoms with Gasteiger partial charge in [-0.1, -0.05) is 18.5 Å². The number of aromatic nitrogens is 2. The molecule has 0 aliphatic rings. The highest BCUT2D eigenvalue weighted by molar-refractivity contribution is 6.31. The smallest absolute Gasteiger partial charge is 0.106 e. The van der Waals surface area contributed by atoms with Crippen molar-refractivity contribution in [2.24, 2.45) is 0 Å². The maximum atomic E-state index is 10.4. The molecular formula is C11H20ClN3O. The predicted octanol–water partition coefficient (Wildman–Crippen LogP) is 1.76. The summed E-state index contributed by atoms with van der Waals surface area (Å²) in [6.07, 6.45) is 2.20. The van der Waals surface area contributed by atoms with E-state index in [2.05, 4.69) is 10.4 Å². The van der Waals surface area contributed by atoms with Crippen molar-refractivity contribution in [1.29, 1.82) is 0 Å². The van der Waals surface area contributed by atoms with Crippen LogP contribution < -0.4 is 5.32 Å². The van der Waals surface area contributed by atoms with E-state index in [0.717, 1.165) is 13.1 Å². The van der Waals surface area contributed by atoms with Crippen LogP contribution in [-0.2, 0) is 12.1 Å². The van der Waals surface area contributed by atoms with Gasteiger partial charge in [-0.15, -0.1) is 0 Å². The Kier molecular flexibility index (Phi) is 4.77. The minimum absolute atomic E-state index is 0.531. The lowest BCUT2D eigenvalue weighted by molar-refractivity contribution is 0.0390. The van der Waals surface area contributed by atoms with E-state index in [0.29, 0.717) is 23.7 Å². The zero-order valence-corrected chi connectivity index (χ0v) is 10.9. The van der Waals surface area contributed by atoms with Gasteiger partial charge >= 0.3 is 0 Å². The summed E-state index contributed by atoms with van der Waals surface area (Å²) in [4.78, 5) is 0. The summed E-state index contributed by atoms with van der Waals surface area (Å²) in [5.74, 6) is 0. The van der Waals surface area contributed by atoms with Crippen LogP contribution in [0.5, 0.6) is 0 Å². The Bertz CT molecular complexity index is 336. The van der Waals surface area contributed by atoms with Crippen LogP contribution in [0.25, 0.3) is 0 Å². The SMILES string of the molecule is CCNCCC(C)(O)c1c(Cl)cnn1CC. The summed E-state index contributed by atoms with van der Waals surface area (Å²) in [5.41, 5.74) is -0.235. The number of nitrogens with zero attached hydrogens (tertiary/aromatic N) is 2. The van der Waals surface area contributed by atoms with Gasteiger partial charge in [0.25, 0.3) is 0 Å². The molecule has 0 bridgehead atoms. The molecule has 1 rings (SSSR count). The van der Waals surface area contributed by atoms with Crippen molar-refractivity contribution in [3.05, 3.63) is 16.9 Å². The first-order valence-electron chi connectivity index (χ1n) is 5.67. The zero-order valence-electron chi connectivity index (χ0n) is 10.1. The van der Waals surface area contributed by atoms with Crippen LogP contribution in [0.3, 0.4) is 0 Å². The van der Waals surface area contributed by atoms with Crippen molar-refractivity contribution in [2.75, 3.05) is 13.1 Å². The van der Waals surface area contributed by atoms with Gasteiger partial charge in [-0.2, -0.15) is 5.10 Å². The second-order valence-electron chi connectivity index (χ2n) is 4.03. The zero-order chi connectivity index (χ0) is 12.2. The highest BCUT2D eigenvalue weighted by atomic mass is 35.5. The summed E-state index contributed by atoms with van der Waals surface area (Å²) < 4.78 is 1.74. The average Bonchev–Trinajstić information content (AvgIpc) is 2.60. The van der Waals surface area contributed by atoms with E-state index in [1.54, 1.807) is 17.8 Å². The van der Waals surface area contributed by atoms with Crippen LogP contribution in [-0.4, -0.2) is 28.0 Å². The third-order valence-electron chi connectivity index (χ3n) is 2.64. The van der Waals surface area contributed by atoms with Crippen LogP contribution in [0.2, 0.25) is 5.02 Å². The molecule has 1 aromatic heterocycles. The molecule has 0 radical (unpaired) electrons. The first kappa shape index (κ1) is 13.5. The molecule has 0 aromatic carbocycles. The Hall–Kier alpha value is -0.580. The van der Waals surface area contributed by atoms with E-state index in [4.69, 9.17) is 11.6 Å². The van der Waals surface area contributed by atoms with E-state index in [1.165, 1.54) is 0 Å². The second-order valence-corrected chi connectivity index (χ2v) is 4.44. The first-order chi connectivity index (χ1) is 7.53. The second kappa shape index (κ2) is 5.66. The molecule has 5 heteroatoms. The van der Waals surface area contributed by atoms with Gasteiger partial charge in [0.2, 0.25) is 0 Å². The standard InChI is InChI=1S/C11H20ClN3O/c1-4-13-7-6-11(3,16)10-9(12)8-14-15(10)5-2/h8,13,16H,4-7H2,1-3H3. The van der Waals surface area contributed by atoms with Crippen LogP contribution >= 0.6 is 11.6 Å². The van der Waals surface area contributed by atoms with Crippen LogP contribution in [0.15, 0.2) is 6.20 Å². The molecule has 0 aliphatic heterocycles. The number of rotatable bonds is 6. The molecule has 1 atom stereocenters. The van der Waals surface area contributed by atoms with Gasteiger partial charge in [0.1, 0.15) is 5.60 Å². The fraction of sp³-hybridized carbons (Fsp3) is 0.727. The monoisotopic (exact) mass is 245 g/mol. The van der Waals surface area contributed by atoms with Gasteiger partial charge in [0.05, 0.1) is 16.9 Å². The fourth-order valence-electron chi connectivity index (χ4n) is 1.76. The Morgan fingerprint density at radius 3 is 2.81 bits per heavy atom. The molecule has 4 nitrogen and oxygen atoms in total. The van der Waals surface area contributed by atoms with E-state index in [1.807, 2.05) is 13.8 Å². The number of halogens is 1. The van der Waals surface area contributed by atoms with E-state index < -0.39 is 5.60 Å². The predicted molar refractivity (Wildman–Crippen MR) is 65.6 cm³/mol. The molecule has 92 valence electrons. The molecule has 0 aliphatic carbocycles. The summed E-state index contributed by atoms with van der Waals surface area (Å²) in [6.45, 7) is 8.16. The number of aryl methyl sites for hydroxylation is 1. The van der Waals surface area contributed by atoms with Gasteiger partial charge in [0, 0.05) is 6.54 Å². The molecule has 1 unspecified atom stereocenters. The highest BCUT2D eigenvalue weighted by Gasteiger charge is 2.29. The number of hydrogen-bond acceptors (Lipinski definition) is 3. The molecule has 0 saturated heterocycles. The van der Waals surface area contributed by atoms with Gasteiger partial charge < -0.3 is 10.4 Å². The van der Waals surface area contributed by atoms with Gasteiger partial charge in [0.15, 0.2) is 0 Å². The molecular weight excluding hydrogens is 226 g/mol. The molecule has 2 N–H and O–H groups in total. The van der Waals surface area contributed by atoms with E-state index >= 15 is 0 Å². The van der Waals surface area contributed by atoms with Crippen molar-refractivity contribution in [2.45, 2.75) is 39.3 Å². The Labute approximate surface area is 102 Å². The summed E-state index contributed by atoms with van der Waals surface area (Å²) in [7, 11) is 0. The quantitative estimate of drug-likeness (QED) is 0.751. The van der Waals surface area contributed by atoms with Crippen molar-refractivity contribution in [3.8, 4) is 0 Å². The molecule has 1 heterocycles. The Morgan fingerprint density at radius 2 is 2.25 bits per heavy atom. The minimum atomic E-state index is -0.939. The van der Waals surface area contributed by atoms with E-state index in [9.17, 15) is 5.11 Å². The lowest BCUT2D eigenvalue weighted by Crippen LogP contribution is -2.30. The maximum Gasteiger partial charge on any atom is 0.106 e. The summed E-state index contributed by atoms with van der Waals surface area (Å²) in [5, 5.41) is 18.3. The lowest BCUT2D eigenvalue weighted by atomic mass is 9.98. The minimum Gasteiger partial charge on any atom is -0.384 e. The van der Waals surface area contributed by atoms with Crippen LogP contribution in [0.4, 0.5) is 0 Å². The van der Waals surface area contributed by atoms with Crippen molar-refractivity contribution in [3.63, 3.8) is 0 Å². The van der Waals surface area contributed by atoms with Gasteiger partial charge in [-0.25, -0.2) is 0 Å². The van der Waals surface area contributed by atoms with Crippen LogP contribution in [0, 0.1) is 0 Å². The van der Waals surface area contributed by atoms with E-state index in [-0.39, 0.29) is 0 Å². The largest absolute Gasteiger partial charge is 0.384 e. The highest BCUT2D eigenvalue weighted by Crippen LogP contribution is 2.30. The fourth-order valence-corrected chi connectivity index (χ4v) is 2.11. The topological polar surface area (TPSA) is 50.1 Å². The summed E-state index contributed by atoms with van der Waals surface area (Å²) >= 11 is 6.06. The number of aliphatic hydroxyl groups is 1. The Morgan fingerprint density at radius 1 is 1.56 bits per heavy atom. The maximum absolute atomic E-state index is 10.4. The number of hydrogen-bond donors (Lipinski definition) is 2. The van der Waals surface area contributed by atoms with Crippen molar-refractivity contribution >= 4 is 11.6 Å².